The second kappa shape index (κ2) is 4.06. The molecule has 17 heavy (non-hydrogen) atoms. The number of carbonyl (C=O) groups is 1. The molecule has 0 fully saturated rings. The smallest absolute Gasteiger partial charge is 0.173 e. The first-order valence-corrected chi connectivity index (χ1v) is 5.67. The van der Waals surface area contributed by atoms with Crippen LogP contribution in [0.3, 0.4) is 0 Å². The van der Waals surface area contributed by atoms with Gasteiger partial charge in [-0.1, -0.05) is 48.5 Å². The van der Waals surface area contributed by atoms with Crippen molar-refractivity contribution in [3.8, 4) is 5.75 Å². The van der Waals surface area contributed by atoms with Crippen molar-refractivity contribution in [2.45, 2.75) is 5.92 Å². The molecule has 0 spiro atoms. The van der Waals surface area contributed by atoms with Crippen LogP contribution >= 0.6 is 0 Å². The van der Waals surface area contributed by atoms with Gasteiger partial charge in [0.15, 0.2) is 5.78 Å². The van der Waals surface area contributed by atoms with Gasteiger partial charge in [0.1, 0.15) is 12.4 Å². The summed E-state index contributed by atoms with van der Waals surface area (Å²) in [5, 5.41) is 0. The summed E-state index contributed by atoms with van der Waals surface area (Å²) in [7, 11) is 0. The average Bonchev–Trinajstić information content (AvgIpc) is 2.83. The number of fused-ring (bicyclic) bond motifs is 1. The summed E-state index contributed by atoms with van der Waals surface area (Å²) in [5.41, 5.74) is 1.75. The fourth-order valence-electron chi connectivity index (χ4n) is 2.18. The van der Waals surface area contributed by atoms with Crippen molar-refractivity contribution in [3.63, 3.8) is 0 Å². The molecule has 0 N–H and O–H groups in total. The second-order valence-corrected chi connectivity index (χ2v) is 4.13. The van der Waals surface area contributed by atoms with E-state index in [4.69, 9.17) is 4.74 Å². The summed E-state index contributed by atoms with van der Waals surface area (Å²) in [5.74, 6) is 0.811. The summed E-state index contributed by atoms with van der Waals surface area (Å²) in [6.45, 7) is 0.451. The van der Waals surface area contributed by atoms with Crippen LogP contribution in [0.2, 0.25) is 0 Å². The highest BCUT2D eigenvalue weighted by atomic mass is 16.5. The number of benzene rings is 2. The molecular weight excluding hydrogens is 212 g/mol. The lowest BCUT2D eigenvalue weighted by Gasteiger charge is -2.07. The molecule has 0 saturated heterocycles. The summed E-state index contributed by atoms with van der Waals surface area (Å²) < 4.78 is 5.53. The lowest BCUT2D eigenvalue weighted by Crippen LogP contribution is -2.14. The van der Waals surface area contributed by atoms with Gasteiger partial charge in [-0.2, -0.15) is 0 Å². The van der Waals surface area contributed by atoms with E-state index in [1.165, 1.54) is 0 Å². The van der Waals surface area contributed by atoms with E-state index in [0.717, 1.165) is 16.9 Å². The van der Waals surface area contributed by atoms with Gasteiger partial charge in [-0.15, -0.1) is 0 Å². The van der Waals surface area contributed by atoms with E-state index in [1.54, 1.807) is 0 Å². The predicted molar refractivity (Wildman–Crippen MR) is 65.5 cm³/mol. The Kier molecular flexibility index (Phi) is 2.41. The topological polar surface area (TPSA) is 26.3 Å². The number of ketones is 1. The summed E-state index contributed by atoms with van der Waals surface area (Å²) in [6, 6.07) is 17.1. The van der Waals surface area contributed by atoms with Gasteiger partial charge >= 0.3 is 0 Å². The number of ether oxygens (including phenoxy) is 1. The Labute approximate surface area is 99.9 Å². The fraction of sp³-hybridized carbons (Fsp3) is 0.133. The Balaban J connectivity index is 1.95. The quantitative estimate of drug-likeness (QED) is 0.733. The third kappa shape index (κ3) is 1.72. The molecule has 0 bridgehead atoms. The van der Waals surface area contributed by atoms with Crippen molar-refractivity contribution in [1.29, 1.82) is 0 Å². The largest absolute Gasteiger partial charge is 0.492 e. The highest BCUT2D eigenvalue weighted by Crippen LogP contribution is 2.35. The third-order valence-electron chi connectivity index (χ3n) is 3.07. The molecule has 3 rings (SSSR count). The highest BCUT2D eigenvalue weighted by Gasteiger charge is 2.30. The van der Waals surface area contributed by atoms with Crippen LogP contribution in [0.4, 0.5) is 0 Å². The Bertz CT molecular complexity index is 546. The van der Waals surface area contributed by atoms with Gasteiger partial charge < -0.3 is 4.74 Å². The molecule has 0 aromatic heterocycles. The molecule has 1 aliphatic rings. The molecular formula is C15H12O2. The molecule has 84 valence electrons. The molecule has 1 heterocycles. The summed E-state index contributed by atoms with van der Waals surface area (Å²) >= 11 is 0. The number of para-hydroxylation sites is 1. The molecule has 0 saturated carbocycles. The summed E-state index contributed by atoms with van der Waals surface area (Å²) in [6.07, 6.45) is 0. The predicted octanol–water partition coefficient (Wildman–Crippen LogP) is 3.05. The zero-order valence-electron chi connectivity index (χ0n) is 9.30. The minimum Gasteiger partial charge on any atom is -0.492 e. The Morgan fingerprint density at radius 3 is 2.53 bits per heavy atom. The van der Waals surface area contributed by atoms with Crippen molar-refractivity contribution in [1.82, 2.24) is 0 Å². The fourth-order valence-corrected chi connectivity index (χ4v) is 2.18. The lowest BCUT2D eigenvalue weighted by molar-refractivity contribution is 0.0947. The van der Waals surface area contributed by atoms with E-state index in [0.29, 0.717) is 6.61 Å². The number of carbonyl (C=O) groups excluding carboxylic acids is 1. The highest BCUT2D eigenvalue weighted by molar-refractivity contribution is 6.01. The van der Waals surface area contributed by atoms with Crippen molar-refractivity contribution in [2.24, 2.45) is 0 Å². The van der Waals surface area contributed by atoms with Crippen LogP contribution in [0.1, 0.15) is 21.8 Å². The second-order valence-electron chi connectivity index (χ2n) is 4.13. The van der Waals surface area contributed by atoms with Gasteiger partial charge in [-0.05, 0) is 6.07 Å². The van der Waals surface area contributed by atoms with E-state index in [9.17, 15) is 4.79 Å². The van der Waals surface area contributed by atoms with Crippen molar-refractivity contribution in [2.75, 3.05) is 6.61 Å². The summed E-state index contributed by atoms with van der Waals surface area (Å²) in [4.78, 5) is 12.3. The molecule has 2 aromatic carbocycles. The van der Waals surface area contributed by atoms with Crippen LogP contribution in [-0.4, -0.2) is 12.4 Å². The Morgan fingerprint density at radius 1 is 1.00 bits per heavy atom. The number of Topliss-reactive ketones (excluding diaryl/α,β-unsaturated/α-hetero) is 1. The maximum absolute atomic E-state index is 12.3. The first kappa shape index (κ1) is 10.1. The van der Waals surface area contributed by atoms with Gasteiger partial charge in [0.25, 0.3) is 0 Å². The van der Waals surface area contributed by atoms with Gasteiger partial charge in [0.05, 0.1) is 5.92 Å². The first-order valence-electron chi connectivity index (χ1n) is 5.67. The molecule has 2 heteroatoms. The number of rotatable bonds is 2. The van der Waals surface area contributed by atoms with Gasteiger partial charge in [-0.25, -0.2) is 0 Å². The molecule has 1 unspecified atom stereocenters. The maximum atomic E-state index is 12.3. The minimum absolute atomic E-state index is 0.135. The molecule has 2 aromatic rings. The normalized spacial score (nSPS) is 17.3. The van der Waals surface area contributed by atoms with Crippen LogP contribution in [0, 0.1) is 0 Å². The van der Waals surface area contributed by atoms with E-state index >= 15 is 0 Å². The van der Waals surface area contributed by atoms with Crippen molar-refractivity contribution >= 4 is 5.78 Å². The molecule has 0 amide bonds. The minimum atomic E-state index is -0.159. The van der Waals surface area contributed by atoms with Crippen LogP contribution in [0.15, 0.2) is 54.6 Å². The maximum Gasteiger partial charge on any atom is 0.173 e. The van der Waals surface area contributed by atoms with E-state index in [2.05, 4.69) is 0 Å². The van der Waals surface area contributed by atoms with Crippen LogP contribution in [-0.2, 0) is 0 Å². The van der Waals surface area contributed by atoms with E-state index < -0.39 is 0 Å². The molecule has 2 nitrogen and oxygen atoms in total. The van der Waals surface area contributed by atoms with Crippen molar-refractivity contribution in [3.05, 3.63) is 65.7 Å². The zero-order chi connectivity index (χ0) is 11.7. The van der Waals surface area contributed by atoms with Gasteiger partial charge in [0, 0.05) is 11.1 Å². The van der Waals surface area contributed by atoms with Crippen molar-refractivity contribution < 1.29 is 9.53 Å². The SMILES string of the molecule is O=C(c1ccccc1)C1COc2ccccc21. The van der Waals surface area contributed by atoms with Crippen LogP contribution < -0.4 is 4.74 Å². The average molecular weight is 224 g/mol. The number of hydrogen-bond acceptors (Lipinski definition) is 2. The Morgan fingerprint density at radius 2 is 1.71 bits per heavy atom. The lowest BCUT2D eigenvalue weighted by atomic mass is 9.92. The molecule has 0 aliphatic carbocycles. The molecule has 1 aliphatic heterocycles. The molecule has 1 atom stereocenters. The van der Waals surface area contributed by atoms with Crippen LogP contribution in [0.25, 0.3) is 0 Å². The van der Waals surface area contributed by atoms with Gasteiger partial charge in [0.2, 0.25) is 0 Å². The van der Waals surface area contributed by atoms with E-state index in [-0.39, 0.29) is 11.7 Å². The third-order valence-corrected chi connectivity index (χ3v) is 3.07. The zero-order valence-corrected chi connectivity index (χ0v) is 9.30. The molecule has 0 radical (unpaired) electrons. The number of hydrogen-bond donors (Lipinski definition) is 0. The monoisotopic (exact) mass is 224 g/mol. The standard InChI is InChI=1S/C15H12O2/c16-15(11-6-2-1-3-7-11)13-10-17-14-9-5-4-8-12(13)14/h1-9,13H,10H2. The van der Waals surface area contributed by atoms with Gasteiger partial charge in [-0.3, -0.25) is 4.79 Å². The first-order chi connectivity index (χ1) is 8.36. The van der Waals surface area contributed by atoms with Crippen LogP contribution in [0.5, 0.6) is 5.75 Å². The Hall–Kier alpha value is -2.09. The van der Waals surface area contributed by atoms with E-state index in [1.807, 2.05) is 54.6 Å².